The number of benzene rings is 2. The first-order valence-electron chi connectivity index (χ1n) is 8.67. The summed E-state index contributed by atoms with van der Waals surface area (Å²) in [5.74, 6) is 0.837. The van der Waals surface area contributed by atoms with Crippen molar-refractivity contribution in [1.82, 2.24) is 9.88 Å². The number of ether oxygens (including phenoxy) is 1. The Balaban J connectivity index is 1.43. The molecule has 0 radical (unpaired) electrons. The molecule has 1 saturated heterocycles. The lowest BCUT2D eigenvalue weighted by molar-refractivity contribution is 0.0747. The second-order valence-corrected chi connectivity index (χ2v) is 7.31. The predicted octanol–water partition coefficient (Wildman–Crippen LogP) is 3.14. The third-order valence-corrected chi connectivity index (χ3v) is 5.76. The van der Waals surface area contributed by atoms with Crippen LogP contribution in [0, 0.1) is 11.3 Å². The number of nitrogens with zero attached hydrogens (tertiary/aromatic N) is 4. The number of fused-ring (bicyclic) bond motifs is 1. The molecule has 3 aromatic rings. The summed E-state index contributed by atoms with van der Waals surface area (Å²) in [6.07, 6.45) is 0. The van der Waals surface area contributed by atoms with Gasteiger partial charge in [0, 0.05) is 31.7 Å². The zero-order valence-electron chi connectivity index (χ0n) is 14.9. The molecule has 136 valence electrons. The highest BCUT2D eigenvalue weighted by atomic mass is 32.1. The van der Waals surface area contributed by atoms with Gasteiger partial charge < -0.3 is 14.5 Å². The molecule has 0 aliphatic carbocycles. The standard InChI is InChI=1S/C20H18N4O2S/c1-26-16-6-7-17-18(12-16)27-20(22-17)24-10-8-23(9-11-24)19(25)15-4-2-14(13-21)3-5-15/h2-7,12H,8-11H2,1H3. The van der Waals surface area contributed by atoms with Gasteiger partial charge in [-0.15, -0.1) is 0 Å². The van der Waals surface area contributed by atoms with E-state index in [1.54, 1.807) is 42.7 Å². The number of hydrogen-bond donors (Lipinski definition) is 0. The number of anilines is 1. The summed E-state index contributed by atoms with van der Waals surface area (Å²) >= 11 is 1.64. The molecular weight excluding hydrogens is 360 g/mol. The second kappa shape index (κ2) is 7.25. The number of hydrogen-bond acceptors (Lipinski definition) is 6. The van der Waals surface area contributed by atoms with Gasteiger partial charge in [-0.3, -0.25) is 4.79 Å². The van der Waals surface area contributed by atoms with Crippen LogP contribution in [0.3, 0.4) is 0 Å². The van der Waals surface area contributed by atoms with Crippen molar-refractivity contribution in [3.05, 3.63) is 53.6 Å². The quantitative estimate of drug-likeness (QED) is 0.700. The molecule has 0 N–H and O–H groups in total. The third kappa shape index (κ3) is 3.44. The highest BCUT2D eigenvalue weighted by Gasteiger charge is 2.24. The van der Waals surface area contributed by atoms with E-state index in [9.17, 15) is 4.79 Å². The van der Waals surface area contributed by atoms with Gasteiger partial charge in [0.1, 0.15) is 5.75 Å². The molecule has 0 bridgehead atoms. The second-order valence-electron chi connectivity index (χ2n) is 6.30. The highest BCUT2D eigenvalue weighted by Crippen LogP contribution is 2.31. The normalized spacial score (nSPS) is 14.2. The number of piperazine rings is 1. The average Bonchev–Trinajstić information content (AvgIpc) is 3.16. The van der Waals surface area contributed by atoms with E-state index in [1.807, 2.05) is 23.1 Å². The van der Waals surface area contributed by atoms with Crippen LogP contribution in [-0.4, -0.2) is 49.1 Å². The van der Waals surface area contributed by atoms with Crippen LogP contribution >= 0.6 is 11.3 Å². The Kier molecular flexibility index (Phi) is 4.65. The zero-order valence-corrected chi connectivity index (χ0v) is 15.7. The molecule has 1 aromatic heterocycles. The Bertz CT molecular complexity index is 1010. The Hall–Kier alpha value is -3.11. The Morgan fingerprint density at radius 2 is 1.89 bits per heavy atom. The highest BCUT2D eigenvalue weighted by molar-refractivity contribution is 7.22. The summed E-state index contributed by atoms with van der Waals surface area (Å²) in [6, 6.07) is 14.8. The first kappa shape index (κ1) is 17.3. The third-order valence-electron chi connectivity index (χ3n) is 4.68. The molecule has 1 fully saturated rings. The smallest absolute Gasteiger partial charge is 0.253 e. The summed E-state index contributed by atoms with van der Waals surface area (Å²) in [4.78, 5) is 21.4. The van der Waals surface area contributed by atoms with Crippen molar-refractivity contribution in [3.8, 4) is 11.8 Å². The predicted molar refractivity (Wildman–Crippen MR) is 105 cm³/mol. The van der Waals surface area contributed by atoms with E-state index >= 15 is 0 Å². The molecule has 1 aliphatic heterocycles. The number of carbonyl (C=O) groups excluding carboxylic acids is 1. The first-order valence-corrected chi connectivity index (χ1v) is 9.48. The topological polar surface area (TPSA) is 69.5 Å². The van der Waals surface area contributed by atoms with Crippen LogP contribution in [0.2, 0.25) is 0 Å². The summed E-state index contributed by atoms with van der Waals surface area (Å²) in [5, 5.41) is 9.85. The minimum absolute atomic E-state index is 0.00757. The van der Waals surface area contributed by atoms with Gasteiger partial charge >= 0.3 is 0 Å². The zero-order chi connectivity index (χ0) is 18.8. The molecule has 6 nitrogen and oxygen atoms in total. The molecule has 0 atom stereocenters. The van der Waals surface area contributed by atoms with E-state index in [-0.39, 0.29) is 5.91 Å². The van der Waals surface area contributed by atoms with E-state index in [4.69, 9.17) is 15.0 Å². The first-order chi connectivity index (χ1) is 13.2. The van der Waals surface area contributed by atoms with Gasteiger partial charge in [0.25, 0.3) is 5.91 Å². The van der Waals surface area contributed by atoms with Crippen LogP contribution in [0.4, 0.5) is 5.13 Å². The van der Waals surface area contributed by atoms with Crippen molar-refractivity contribution in [3.63, 3.8) is 0 Å². The van der Waals surface area contributed by atoms with E-state index in [2.05, 4.69) is 11.0 Å². The monoisotopic (exact) mass is 378 g/mol. The van der Waals surface area contributed by atoms with Crippen molar-refractivity contribution >= 4 is 32.6 Å². The van der Waals surface area contributed by atoms with Gasteiger partial charge in [-0.1, -0.05) is 11.3 Å². The van der Waals surface area contributed by atoms with Crippen molar-refractivity contribution in [2.45, 2.75) is 0 Å². The largest absolute Gasteiger partial charge is 0.497 e. The SMILES string of the molecule is COc1ccc2nc(N3CCN(C(=O)c4ccc(C#N)cc4)CC3)sc2c1. The van der Waals surface area contributed by atoms with Gasteiger partial charge in [-0.25, -0.2) is 4.98 Å². The number of rotatable bonds is 3. The van der Waals surface area contributed by atoms with E-state index < -0.39 is 0 Å². The number of amides is 1. The van der Waals surface area contributed by atoms with Gasteiger partial charge in [0.2, 0.25) is 0 Å². The Morgan fingerprint density at radius 1 is 1.15 bits per heavy atom. The van der Waals surface area contributed by atoms with Gasteiger partial charge in [0.15, 0.2) is 5.13 Å². The molecule has 1 aliphatic rings. The molecule has 0 unspecified atom stereocenters. The summed E-state index contributed by atoms with van der Waals surface area (Å²) < 4.78 is 6.37. The Labute approximate surface area is 161 Å². The van der Waals surface area contributed by atoms with Gasteiger partial charge in [0.05, 0.1) is 29.0 Å². The minimum atomic E-state index is 0.00757. The molecule has 1 amide bonds. The van der Waals surface area contributed by atoms with Gasteiger partial charge in [-0.2, -0.15) is 5.26 Å². The molecule has 2 aromatic carbocycles. The van der Waals surface area contributed by atoms with Crippen LogP contribution in [0.25, 0.3) is 10.2 Å². The number of aromatic nitrogens is 1. The summed E-state index contributed by atoms with van der Waals surface area (Å²) in [5.41, 5.74) is 2.14. The maximum absolute atomic E-state index is 12.7. The van der Waals surface area contributed by atoms with E-state index in [1.165, 1.54) is 0 Å². The molecule has 0 saturated carbocycles. The van der Waals surface area contributed by atoms with Crippen LogP contribution in [0.15, 0.2) is 42.5 Å². The fourth-order valence-corrected chi connectivity index (χ4v) is 4.17. The summed E-state index contributed by atoms with van der Waals surface area (Å²) in [6.45, 7) is 2.80. The summed E-state index contributed by atoms with van der Waals surface area (Å²) in [7, 11) is 1.66. The number of thiazole rings is 1. The number of nitriles is 1. The van der Waals surface area contributed by atoms with Crippen molar-refractivity contribution in [2.24, 2.45) is 0 Å². The number of carbonyl (C=O) groups is 1. The molecule has 0 spiro atoms. The lowest BCUT2D eigenvalue weighted by Gasteiger charge is -2.34. The van der Waals surface area contributed by atoms with E-state index in [0.29, 0.717) is 24.2 Å². The fourth-order valence-electron chi connectivity index (χ4n) is 3.13. The van der Waals surface area contributed by atoms with Crippen molar-refractivity contribution in [1.29, 1.82) is 5.26 Å². The molecule has 4 rings (SSSR count). The van der Waals surface area contributed by atoms with Crippen LogP contribution in [0.5, 0.6) is 5.75 Å². The van der Waals surface area contributed by atoms with Crippen LogP contribution < -0.4 is 9.64 Å². The molecule has 7 heteroatoms. The maximum atomic E-state index is 12.7. The van der Waals surface area contributed by atoms with E-state index in [0.717, 1.165) is 34.2 Å². The van der Waals surface area contributed by atoms with Crippen molar-refractivity contribution in [2.75, 3.05) is 38.2 Å². The lowest BCUT2D eigenvalue weighted by atomic mass is 10.1. The molecular formula is C20H18N4O2S. The fraction of sp³-hybridized carbons (Fsp3) is 0.250. The average molecular weight is 378 g/mol. The lowest BCUT2D eigenvalue weighted by Crippen LogP contribution is -2.48. The van der Waals surface area contributed by atoms with Crippen LogP contribution in [0.1, 0.15) is 15.9 Å². The molecule has 27 heavy (non-hydrogen) atoms. The minimum Gasteiger partial charge on any atom is -0.497 e. The maximum Gasteiger partial charge on any atom is 0.253 e. The van der Waals surface area contributed by atoms with Crippen LogP contribution in [-0.2, 0) is 0 Å². The molecule has 2 heterocycles. The number of methoxy groups -OCH3 is 1. The van der Waals surface area contributed by atoms with Gasteiger partial charge in [-0.05, 0) is 42.5 Å². The Morgan fingerprint density at radius 3 is 2.56 bits per heavy atom. The van der Waals surface area contributed by atoms with Crippen molar-refractivity contribution < 1.29 is 9.53 Å².